The van der Waals surface area contributed by atoms with Crippen LogP contribution in [0.4, 0.5) is 0 Å². The van der Waals surface area contributed by atoms with E-state index in [1.54, 1.807) is 54.6 Å². The smallest absolute Gasteiger partial charge is 0.342 e. The van der Waals surface area contributed by atoms with Crippen molar-refractivity contribution in [3.05, 3.63) is 85.7 Å². The number of rotatable bonds is 10. The molecule has 1 heterocycles. The lowest BCUT2D eigenvalue weighted by Crippen LogP contribution is -2.00. The monoisotopic (exact) mass is 592 g/mol. The summed E-state index contributed by atoms with van der Waals surface area (Å²) in [4.78, 5) is 12.0. The number of thioether (sulfide) groups is 1. The highest BCUT2D eigenvalue weighted by atomic mass is 35.5. The molecule has 0 amide bonds. The maximum atomic E-state index is 12.1. The van der Waals surface area contributed by atoms with Crippen LogP contribution in [0, 0.1) is 0 Å². The van der Waals surface area contributed by atoms with Crippen LogP contribution in [0.1, 0.15) is 11.1 Å². The van der Waals surface area contributed by atoms with Crippen molar-refractivity contribution < 1.29 is 28.5 Å². The summed E-state index contributed by atoms with van der Waals surface area (Å²) in [5, 5.41) is 19.1. The third-order valence-electron chi connectivity index (χ3n) is 5.05. The molecule has 0 spiro atoms. The Morgan fingerprint density at radius 2 is 1.71 bits per heavy atom. The zero-order valence-corrected chi connectivity index (χ0v) is 23.0. The zero-order valence-electron chi connectivity index (χ0n) is 19.9. The van der Waals surface area contributed by atoms with Gasteiger partial charge in [0.15, 0.2) is 0 Å². The number of benzene rings is 3. The molecule has 1 aromatic heterocycles. The van der Waals surface area contributed by atoms with Gasteiger partial charge in [0.05, 0.1) is 24.3 Å². The van der Waals surface area contributed by atoms with Crippen LogP contribution < -0.4 is 14.2 Å². The summed E-state index contributed by atoms with van der Waals surface area (Å²) in [7, 11) is 3.05. The minimum Gasteiger partial charge on any atom is -0.497 e. The molecule has 0 aliphatic rings. The largest absolute Gasteiger partial charge is 0.497 e. The van der Waals surface area contributed by atoms with Crippen LogP contribution in [0.25, 0.3) is 17.5 Å². The van der Waals surface area contributed by atoms with E-state index in [1.807, 2.05) is 0 Å². The third kappa shape index (κ3) is 6.93. The Hall–Kier alpha value is -3.37. The van der Waals surface area contributed by atoms with Gasteiger partial charge in [0.25, 0.3) is 5.22 Å². The highest BCUT2D eigenvalue weighted by Crippen LogP contribution is 2.35. The van der Waals surface area contributed by atoms with Crippen LogP contribution >= 0.6 is 46.6 Å². The third-order valence-corrected chi connectivity index (χ3v) is 6.88. The average Bonchev–Trinajstić information content (AvgIpc) is 3.38. The van der Waals surface area contributed by atoms with Crippen molar-refractivity contribution in [2.75, 3.05) is 14.2 Å². The van der Waals surface area contributed by atoms with Gasteiger partial charge in [0, 0.05) is 22.2 Å². The van der Waals surface area contributed by atoms with E-state index < -0.39 is 5.97 Å². The first-order chi connectivity index (χ1) is 18.2. The van der Waals surface area contributed by atoms with Crippen molar-refractivity contribution >= 4 is 58.6 Å². The molecule has 1 N–H and O–H groups in total. The second-order valence-electron chi connectivity index (χ2n) is 7.61. The van der Waals surface area contributed by atoms with Gasteiger partial charge >= 0.3 is 5.97 Å². The fraction of sp³-hybridized carbons (Fsp3) is 0.115. The average molecular weight is 594 g/mol. The minimum atomic E-state index is -1.20. The summed E-state index contributed by atoms with van der Waals surface area (Å²) >= 11 is 19.0. The van der Waals surface area contributed by atoms with Crippen molar-refractivity contribution in [3.8, 4) is 28.7 Å². The van der Waals surface area contributed by atoms with Crippen LogP contribution in [-0.4, -0.2) is 35.5 Å². The SMILES string of the molecule is COc1cc(OC)cc(-c2nnc(S/C(=C\c3cc(Cl)ccc3OCc3ccc(Cl)c(Cl)c3)C(=O)O)o2)c1. The number of aromatic nitrogens is 2. The number of carboxylic acids is 1. The van der Waals surface area contributed by atoms with E-state index >= 15 is 0 Å². The lowest BCUT2D eigenvalue weighted by atomic mass is 10.2. The van der Waals surface area contributed by atoms with E-state index in [1.165, 1.54) is 20.3 Å². The van der Waals surface area contributed by atoms with Gasteiger partial charge in [-0.25, -0.2) is 4.79 Å². The van der Waals surface area contributed by atoms with E-state index in [2.05, 4.69) is 10.2 Å². The molecule has 0 aliphatic heterocycles. The zero-order chi connectivity index (χ0) is 27.2. The van der Waals surface area contributed by atoms with Crippen molar-refractivity contribution in [1.82, 2.24) is 10.2 Å². The number of halogens is 3. The van der Waals surface area contributed by atoms with E-state index in [0.29, 0.717) is 43.4 Å². The van der Waals surface area contributed by atoms with E-state index in [-0.39, 0.29) is 22.6 Å². The standard InChI is InChI=1S/C26H19Cl3N2O6S/c1-34-18-9-16(10-19(12-18)35-2)24-30-31-26(37-24)38-23(25(32)33)11-15-8-17(27)4-6-22(15)36-13-14-3-5-20(28)21(29)7-14/h3-12H,13H2,1-2H3,(H,32,33)/b23-11-. The lowest BCUT2D eigenvalue weighted by molar-refractivity contribution is -0.131. The second-order valence-corrected chi connectivity index (χ2v) is 9.85. The van der Waals surface area contributed by atoms with E-state index in [4.69, 9.17) is 53.4 Å². The molecule has 4 aromatic rings. The molecule has 0 fully saturated rings. The number of methoxy groups -OCH3 is 2. The predicted octanol–water partition coefficient (Wildman–Crippen LogP) is 7.51. The van der Waals surface area contributed by atoms with Gasteiger partial charge in [-0.1, -0.05) is 40.9 Å². The topological polar surface area (TPSA) is 104 Å². The quantitative estimate of drug-likeness (QED) is 0.148. The van der Waals surface area contributed by atoms with Gasteiger partial charge in [-0.05, 0) is 65.9 Å². The summed E-state index contributed by atoms with van der Waals surface area (Å²) < 4.78 is 22.2. The number of carbonyl (C=O) groups is 1. The van der Waals surface area contributed by atoms with Crippen molar-refractivity contribution in [2.45, 2.75) is 11.8 Å². The van der Waals surface area contributed by atoms with Crippen LogP contribution in [0.15, 0.2) is 69.1 Å². The molecule has 3 aromatic carbocycles. The molecule has 0 saturated heterocycles. The van der Waals surface area contributed by atoms with E-state index in [0.717, 1.165) is 17.3 Å². The molecular formula is C26H19Cl3N2O6S. The summed E-state index contributed by atoms with van der Waals surface area (Å²) in [5.74, 6) is 0.449. The molecule has 8 nitrogen and oxygen atoms in total. The van der Waals surface area contributed by atoms with Crippen LogP contribution in [0.5, 0.6) is 17.2 Å². The fourth-order valence-electron chi connectivity index (χ4n) is 3.22. The number of ether oxygens (including phenoxy) is 3. The second kappa shape index (κ2) is 12.4. The maximum absolute atomic E-state index is 12.1. The number of hydrogen-bond acceptors (Lipinski definition) is 8. The summed E-state index contributed by atoms with van der Waals surface area (Å²) in [5.41, 5.74) is 1.78. The molecule has 0 aliphatic carbocycles. The fourth-order valence-corrected chi connectivity index (χ4v) is 4.39. The van der Waals surface area contributed by atoms with Gasteiger partial charge in [0.1, 0.15) is 28.8 Å². The van der Waals surface area contributed by atoms with Gasteiger partial charge in [0.2, 0.25) is 5.89 Å². The summed E-state index contributed by atoms with van der Waals surface area (Å²) in [6, 6.07) is 15.1. The van der Waals surface area contributed by atoms with Crippen molar-refractivity contribution in [3.63, 3.8) is 0 Å². The molecule has 0 bridgehead atoms. The Labute approximate surface area is 237 Å². The van der Waals surface area contributed by atoms with Crippen LogP contribution in [-0.2, 0) is 11.4 Å². The normalized spacial score (nSPS) is 11.3. The molecule has 0 unspecified atom stereocenters. The Balaban J connectivity index is 1.58. The summed E-state index contributed by atoms with van der Waals surface area (Å²) in [6.07, 6.45) is 1.42. The van der Waals surface area contributed by atoms with Crippen molar-refractivity contribution in [2.24, 2.45) is 0 Å². The van der Waals surface area contributed by atoms with Crippen LogP contribution in [0.3, 0.4) is 0 Å². The predicted molar refractivity (Wildman–Crippen MR) is 147 cm³/mol. The first-order valence-electron chi connectivity index (χ1n) is 10.8. The molecule has 12 heteroatoms. The van der Waals surface area contributed by atoms with Crippen LogP contribution in [0.2, 0.25) is 15.1 Å². The Kier molecular flexibility index (Phi) is 9.06. The molecular weight excluding hydrogens is 575 g/mol. The Bertz CT molecular complexity index is 1490. The first kappa shape index (κ1) is 27.7. The molecule has 0 radical (unpaired) electrons. The Morgan fingerprint density at radius 1 is 0.974 bits per heavy atom. The molecule has 38 heavy (non-hydrogen) atoms. The Morgan fingerprint density at radius 3 is 2.37 bits per heavy atom. The number of hydrogen-bond donors (Lipinski definition) is 1. The molecule has 4 rings (SSSR count). The van der Waals surface area contributed by atoms with Gasteiger partial charge in [-0.3, -0.25) is 0 Å². The lowest BCUT2D eigenvalue weighted by Gasteiger charge is -2.11. The highest BCUT2D eigenvalue weighted by molar-refractivity contribution is 8.03. The maximum Gasteiger partial charge on any atom is 0.342 e. The number of nitrogens with zero attached hydrogens (tertiary/aromatic N) is 2. The number of carboxylic acid groups (broad SMARTS) is 1. The van der Waals surface area contributed by atoms with Gasteiger partial charge in [-0.2, -0.15) is 0 Å². The first-order valence-corrected chi connectivity index (χ1v) is 12.8. The number of aliphatic carboxylic acids is 1. The van der Waals surface area contributed by atoms with Gasteiger partial charge in [-0.15, -0.1) is 10.2 Å². The van der Waals surface area contributed by atoms with Gasteiger partial charge < -0.3 is 23.7 Å². The minimum absolute atomic E-state index is 0.0238. The molecule has 0 saturated carbocycles. The van der Waals surface area contributed by atoms with Crippen molar-refractivity contribution in [1.29, 1.82) is 0 Å². The molecule has 0 atom stereocenters. The summed E-state index contributed by atoms with van der Waals surface area (Å²) in [6.45, 7) is 0.173. The molecule has 196 valence electrons. The van der Waals surface area contributed by atoms with E-state index in [9.17, 15) is 9.90 Å². The highest BCUT2D eigenvalue weighted by Gasteiger charge is 2.18.